The Morgan fingerprint density at radius 1 is 0.778 bits per heavy atom. The molecule has 0 radical (unpaired) electrons. The number of thiol groups is 1. The lowest BCUT2D eigenvalue weighted by atomic mass is 10.2. The molecule has 36 heavy (non-hydrogen) atoms. The van der Waals surface area contributed by atoms with Gasteiger partial charge in [0.15, 0.2) is 0 Å². The van der Waals surface area contributed by atoms with Crippen LogP contribution in [0.2, 0.25) is 0 Å². The second kappa shape index (κ2) is 11.8. The van der Waals surface area contributed by atoms with Crippen LogP contribution in [0.15, 0.2) is 69.3 Å². The minimum Gasteiger partial charge on any atom is -0.399 e. The van der Waals surface area contributed by atoms with E-state index in [-0.39, 0.29) is 33.7 Å². The van der Waals surface area contributed by atoms with Gasteiger partial charge in [-0.1, -0.05) is 6.07 Å². The fourth-order valence-electron chi connectivity index (χ4n) is 3.15. The summed E-state index contributed by atoms with van der Waals surface area (Å²) >= 11 is 6.31. The van der Waals surface area contributed by atoms with Crippen LogP contribution in [0.1, 0.15) is 16.7 Å². The second-order valence-electron chi connectivity index (χ2n) is 7.70. The maximum Gasteiger partial charge on any atom is 0.417 e. The van der Waals surface area contributed by atoms with Gasteiger partial charge in [-0.25, -0.2) is 0 Å². The van der Waals surface area contributed by atoms with E-state index in [0.717, 1.165) is 51.8 Å². The normalized spacial score (nSPS) is 12.0. The zero-order valence-corrected chi connectivity index (χ0v) is 21.5. The Bertz CT molecular complexity index is 1200. The molecule has 0 aliphatic carbocycles. The summed E-state index contributed by atoms with van der Waals surface area (Å²) in [5, 5.41) is 6.06. The average Bonchev–Trinajstić information content (AvgIpc) is 2.78. The number of nitrogens with one attached hydrogen (secondary N) is 2. The van der Waals surface area contributed by atoms with E-state index in [4.69, 9.17) is 5.73 Å². The van der Waals surface area contributed by atoms with E-state index in [1.165, 1.54) is 24.3 Å². The maximum absolute atomic E-state index is 13.5. The molecule has 3 nitrogen and oxygen atoms in total. The Kier molecular flexibility index (Phi) is 9.28. The minimum absolute atomic E-state index is 0.000450. The molecule has 0 bridgehead atoms. The summed E-state index contributed by atoms with van der Waals surface area (Å²) in [6.45, 7) is 2.14. The predicted molar refractivity (Wildman–Crippen MR) is 139 cm³/mol. The van der Waals surface area contributed by atoms with Crippen molar-refractivity contribution in [2.24, 2.45) is 0 Å². The molecule has 0 unspecified atom stereocenters. The highest BCUT2D eigenvalue weighted by Crippen LogP contribution is 2.39. The maximum atomic E-state index is 13.5. The van der Waals surface area contributed by atoms with Crippen LogP contribution >= 0.6 is 36.2 Å². The van der Waals surface area contributed by atoms with Crippen LogP contribution < -0.4 is 16.4 Å². The molecule has 194 valence electrons. The summed E-state index contributed by atoms with van der Waals surface area (Å²) in [6, 6.07) is 12.6. The first kappa shape index (κ1) is 28.3. The molecule has 0 fully saturated rings. The second-order valence-corrected chi connectivity index (χ2v) is 10.3. The van der Waals surface area contributed by atoms with E-state index in [0.29, 0.717) is 5.69 Å². The van der Waals surface area contributed by atoms with Gasteiger partial charge in [0.05, 0.1) is 17.0 Å². The molecule has 0 aliphatic rings. The molecule has 0 atom stereocenters. The van der Waals surface area contributed by atoms with Gasteiger partial charge in [-0.15, -0.1) is 36.2 Å². The SMILES string of the molecule is Cc1ccc(NCSc2cc(NCCSc3cc(N)ccc3C(F)(F)F)ccc2C(F)(F)F)cc1S. The molecule has 3 aromatic carbocycles. The van der Waals surface area contributed by atoms with Crippen LogP contribution in [0, 0.1) is 6.92 Å². The first-order valence-electron chi connectivity index (χ1n) is 10.6. The number of benzene rings is 3. The summed E-state index contributed by atoms with van der Waals surface area (Å²) in [7, 11) is 0. The number of nitrogen functional groups attached to an aromatic ring is 1. The van der Waals surface area contributed by atoms with Gasteiger partial charge in [0.1, 0.15) is 0 Å². The van der Waals surface area contributed by atoms with Crippen molar-refractivity contribution in [3.63, 3.8) is 0 Å². The number of alkyl halides is 6. The van der Waals surface area contributed by atoms with Crippen LogP contribution in [0.25, 0.3) is 0 Å². The number of thioether (sulfide) groups is 2. The van der Waals surface area contributed by atoms with Crippen molar-refractivity contribution in [3.05, 3.63) is 71.3 Å². The number of hydrogen-bond acceptors (Lipinski definition) is 6. The van der Waals surface area contributed by atoms with Crippen molar-refractivity contribution >= 4 is 53.2 Å². The molecule has 4 N–H and O–H groups in total. The molecule has 0 aromatic heterocycles. The van der Waals surface area contributed by atoms with E-state index in [1.54, 1.807) is 6.07 Å². The first-order valence-corrected chi connectivity index (χ1v) is 13.0. The highest BCUT2D eigenvalue weighted by atomic mass is 32.2. The Labute approximate surface area is 219 Å². The van der Waals surface area contributed by atoms with Gasteiger partial charge < -0.3 is 16.4 Å². The van der Waals surface area contributed by atoms with Gasteiger partial charge in [-0.05, 0) is 61.0 Å². The third-order valence-electron chi connectivity index (χ3n) is 5.00. The van der Waals surface area contributed by atoms with Crippen molar-refractivity contribution in [1.82, 2.24) is 0 Å². The van der Waals surface area contributed by atoms with Gasteiger partial charge in [-0.2, -0.15) is 26.3 Å². The number of rotatable bonds is 9. The smallest absolute Gasteiger partial charge is 0.399 e. The van der Waals surface area contributed by atoms with Crippen molar-refractivity contribution in [3.8, 4) is 0 Å². The van der Waals surface area contributed by atoms with E-state index in [9.17, 15) is 26.3 Å². The zero-order valence-electron chi connectivity index (χ0n) is 18.9. The van der Waals surface area contributed by atoms with Crippen LogP contribution in [-0.2, 0) is 12.4 Å². The molecule has 3 rings (SSSR count). The molecule has 3 aromatic rings. The Morgan fingerprint density at radius 3 is 2.00 bits per heavy atom. The van der Waals surface area contributed by atoms with Gasteiger partial charge in [-0.3, -0.25) is 0 Å². The summed E-state index contributed by atoms with van der Waals surface area (Å²) in [5.74, 6) is 0.436. The van der Waals surface area contributed by atoms with Crippen LogP contribution in [0.5, 0.6) is 0 Å². The molecule has 0 saturated carbocycles. The highest BCUT2D eigenvalue weighted by Gasteiger charge is 2.34. The molecule has 0 spiro atoms. The van der Waals surface area contributed by atoms with Crippen LogP contribution in [0.3, 0.4) is 0 Å². The largest absolute Gasteiger partial charge is 0.417 e. The van der Waals surface area contributed by atoms with Gasteiger partial charge >= 0.3 is 12.4 Å². The number of nitrogens with two attached hydrogens (primary N) is 1. The fourth-order valence-corrected chi connectivity index (χ4v) is 5.29. The molecule has 0 amide bonds. The van der Waals surface area contributed by atoms with Gasteiger partial charge in [0.25, 0.3) is 0 Å². The minimum atomic E-state index is -4.53. The summed E-state index contributed by atoms with van der Waals surface area (Å²) in [6.07, 6.45) is -9.04. The molecule has 0 heterocycles. The van der Waals surface area contributed by atoms with Crippen LogP contribution in [-0.4, -0.2) is 18.2 Å². The fraction of sp³-hybridized carbons (Fsp3) is 0.250. The Hall–Kier alpha value is -2.31. The predicted octanol–water partition coefficient (Wildman–Crippen LogP) is 8.27. The number of hydrogen-bond donors (Lipinski definition) is 4. The number of anilines is 3. The standard InChI is InChI=1S/C24H23F6N3S3/c1-14-2-4-16(11-20(14)34)33-13-36-22-12-17(5-7-19(22)24(28,29)30)32-8-9-35-21-10-15(31)3-6-18(21)23(25,26)27/h2-7,10-12,32-34H,8-9,13,31H2,1H3. The Morgan fingerprint density at radius 2 is 1.36 bits per heavy atom. The average molecular weight is 564 g/mol. The van der Waals surface area contributed by atoms with Gasteiger partial charge in [0, 0.05) is 44.0 Å². The van der Waals surface area contributed by atoms with Crippen molar-refractivity contribution in [1.29, 1.82) is 0 Å². The lowest BCUT2D eigenvalue weighted by Gasteiger charge is -2.16. The number of aryl methyl sites for hydroxylation is 1. The van der Waals surface area contributed by atoms with Gasteiger partial charge in [0.2, 0.25) is 0 Å². The molecule has 12 heteroatoms. The lowest BCUT2D eigenvalue weighted by molar-refractivity contribution is -0.140. The van der Waals surface area contributed by atoms with E-state index in [2.05, 4.69) is 23.3 Å². The zero-order chi connectivity index (χ0) is 26.5. The van der Waals surface area contributed by atoms with Crippen molar-refractivity contribution in [2.45, 2.75) is 34.0 Å². The summed E-state index contributed by atoms with van der Waals surface area (Å²) < 4.78 is 80.2. The highest BCUT2D eigenvalue weighted by molar-refractivity contribution is 7.99. The quantitative estimate of drug-likeness (QED) is 0.0527. The molecule has 0 aliphatic heterocycles. The van der Waals surface area contributed by atoms with E-state index in [1.807, 2.05) is 19.1 Å². The Balaban J connectivity index is 1.64. The number of halogens is 6. The monoisotopic (exact) mass is 563 g/mol. The lowest BCUT2D eigenvalue weighted by Crippen LogP contribution is -2.10. The molecular formula is C24H23F6N3S3. The van der Waals surface area contributed by atoms with E-state index >= 15 is 0 Å². The first-order chi connectivity index (χ1) is 16.8. The summed E-state index contributed by atoms with van der Waals surface area (Å²) in [5.41, 5.74) is 6.45. The molecular weight excluding hydrogens is 540 g/mol. The van der Waals surface area contributed by atoms with Crippen LogP contribution in [0.4, 0.5) is 43.4 Å². The van der Waals surface area contributed by atoms with E-state index < -0.39 is 23.5 Å². The molecule has 0 saturated heterocycles. The third kappa shape index (κ3) is 7.84. The summed E-state index contributed by atoms with van der Waals surface area (Å²) in [4.78, 5) is 0.797. The topological polar surface area (TPSA) is 50.1 Å². The third-order valence-corrected chi connectivity index (χ3v) is 7.48. The van der Waals surface area contributed by atoms with Crippen molar-refractivity contribution < 1.29 is 26.3 Å². The van der Waals surface area contributed by atoms with Crippen molar-refractivity contribution in [2.75, 3.05) is 34.5 Å².